The molecule has 0 saturated carbocycles. The first-order chi connectivity index (χ1) is 19.1. The van der Waals surface area contributed by atoms with Crippen LogP contribution in [0.3, 0.4) is 0 Å². The van der Waals surface area contributed by atoms with Gasteiger partial charge < -0.3 is 20.7 Å². The van der Waals surface area contributed by atoms with Crippen LogP contribution in [0.25, 0.3) is 5.70 Å². The lowest BCUT2D eigenvalue weighted by atomic mass is 10.1. The number of likely N-dealkylation sites (N-methyl/N-ethyl adjacent to an activating group) is 1. The van der Waals surface area contributed by atoms with E-state index in [4.69, 9.17) is 11.6 Å². The first-order valence-electron chi connectivity index (χ1n) is 12.8. The van der Waals surface area contributed by atoms with Crippen LogP contribution >= 0.6 is 0 Å². The van der Waals surface area contributed by atoms with Gasteiger partial charge in [-0.3, -0.25) is 14.5 Å². The van der Waals surface area contributed by atoms with Crippen LogP contribution in [0, 0.1) is 13.8 Å². The number of anilines is 1. The summed E-state index contributed by atoms with van der Waals surface area (Å²) in [5.74, 6) is 5.75. The van der Waals surface area contributed by atoms with Crippen molar-refractivity contribution in [3.63, 3.8) is 0 Å². The number of ether oxygens (including phenoxy) is 1. The van der Waals surface area contributed by atoms with E-state index in [1.54, 1.807) is 61.4 Å². The smallest absolute Gasteiger partial charge is 0.397 e. The molecular weight excluding hydrogens is 535 g/mol. The molecule has 226 valence electrons. The van der Waals surface area contributed by atoms with Gasteiger partial charge in [-0.25, -0.2) is 5.84 Å². The number of nitrogens with two attached hydrogens (primary N) is 2. The van der Waals surface area contributed by atoms with Crippen molar-refractivity contribution >= 4 is 17.3 Å². The molecule has 0 spiro atoms. The van der Waals surface area contributed by atoms with Crippen molar-refractivity contribution in [2.75, 3.05) is 39.4 Å². The summed E-state index contributed by atoms with van der Waals surface area (Å²) in [5.41, 5.74) is 9.38. The molecule has 0 saturated heterocycles. The molecule has 0 bridgehead atoms. The summed E-state index contributed by atoms with van der Waals surface area (Å²) in [5, 5.41) is 8.03. The number of carbonyl (C=O) groups excluding carboxylic acids is 1. The van der Waals surface area contributed by atoms with Crippen LogP contribution in [0.1, 0.15) is 29.3 Å². The van der Waals surface area contributed by atoms with E-state index in [1.165, 1.54) is 11.1 Å². The molecule has 0 unspecified atom stereocenters. The summed E-state index contributed by atoms with van der Waals surface area (Å²) in [7, 11) is 6.81. The highest BCUT2D eigenvalue weighted by Crippen LogP contribution is 2.27. The number of amides is 1. The van der Waals surface area contributed by atoms with Crippen LogP contribution in [-0.2, 0) is 23.0 Å². The van der Waals surface area contributed by atoms with Gasteiger partial charge in [0.25, 0.3) is 0 Å². The van der Waals surface area contributed by atoms with Gasteiger partial charge in [0.05, 0.1) is 29.6 Å². The molecule has 1 aromatic carbocycles. The van der Waals surface area contributed by atoms with Gasteiger partial charge in [0.15, 0.2) is 0 Å². The number of halogens is 3. The summed E-state index contributed by atoms with van der Waals surface area (Å²) < 4.78 is 46.5. The van der Waals surface area contributed by atoms with E-state index < -0.39 is 17.7 Å². The van der Waals surface area contributed by atoms with Gasteiger partial charge in [0.2, 0.25) is 5.91 Å². The molecule has 2 rings (SSSR count). The summed E-state index contributed by atoms with van der Waals surface area (Å²) in [4.78, 5) is 14.3. The molecule has 9 nitrogen and oxygen atoms in total. The lowest BCUT2D eigenvalue weighted by Gasteiger charge is -2.19. The largest absolute Gasteiger partial charge is 0.416 e. The molecule has 1 aromatic heterocycles. The Bertz CT molecular complexity index is 1260. The molecule has 5 N–H and O–H groups in total. The monoisotopic (exact) mass is 577 g/mol. The fourth-order valence-corrected chi connectivity index (χ4v) is 3.36. The number of nitrogens with one attached hydrogen (secondary N) is 1. The van der Waals surface area contributed by atoms with Gasteiger partial charge in [-0.15, -0.1) is 0 Å². The molecule has 41 heavy (non-hydrogen) atoms. The average Bonchev–Trinajstić information content (AvgIpc) is 3.23. The number of hydrogen-bond acceptors (Lipinski definition) is 7. The van der Waals surface area contributed by atoms with Crippen LogP contribution < -0.4 is 21.9 Å². The molecule has 0 atom stereocenters. The molecule has 0 aliphatic carbocycles. The third-order valence-electron chi connectivity index (χ3n) is 5.85. The summed E-state index contributed by atoms with van der Waals surface area (Å²) in [6.07, 6.45) is 1.63. The van der Waals surface area contributed by atoms with Crippen molar-refractivity contribution < 1.29 is 22.7 Å². The van der Waals surface area contributed by atoms with Crippen LogP contribution in [0.2, 0.25) is 0 Å². The number of allylic oxidation sites excluding steroid dienone is 3. The third kappa shape index (κ3) is 11.6. The number of alkyl halides is 3. The predicted octanol–water partition coefficient (Wildman–Crippen LogP) is 4.11. The molecule has 1 heterocycles. The number of aromatic nitrogens is 2. The van der Waals surface area contributed by atoms with E-state index in [9.17, 15) is 18.0 Å². The van der Waals surface area contributed by atoms with E-state index in [0.717, 1.165) is 35.6 Å². The molecule has 0 aliphatic rings. The van der Waals surface area contributed by atoms with Crippen molar-refractivity contribution in [1.29, 1.82) is 0 Å². The molecule has 2 aromatic rings. The Balaban J connectivity index is 0.00000196. The van der Waals surface area contributed by atoms with E-state index in [0.29, 0.717) is 16.9 Å². The average molecular weight is 578 g/mol. The maximum absolute atomic E-state index is 13.4. The Morgan fingerprint density at radius 3 is 2.39 bits per heavy atom. The van der Waals surface area contributed by atoms with Gasteiger partial charge in [0.1, 0.15) is 0 Å². The number of hydrogen-bond donors (Lipinski definition) is 3. The number of aryl methyl sites for hydroxylation is 2. The highest BCUT2D eigenvalue weighted by Gasteiger charge is 2.32. The van der Waals surface area contributed by atoms with Gasteiger partial charge in [-0.1, -0.05) is 24.8 Å². The lowest BCUT2D eigenvalue weighted by molar-refractivity contribution is -0.119. The zero-order valence-electron chi connectivity index (χ0n) is 24.8. The molecule has 0 radical (unpaired) electrons. The Morgan fingerprint density at radius 1 is 1.27 bits per heavy atom. The number of methoxy groups -OCH3 is 1. The lowest BCUT2D eigenvalue weighted by Crippen LogP contribution is -2.27. The summed E-state index contributed by atoms with van der Waals surface area (Å²) >= 11 is 0. The minimum atomic E-state index is -4.57. The van der Waals surface area contributed by atoms with Crippen LogP contribution in [-0.4, -0.2) is 61.1 Å². The van der Waals surface area contributed by atoms with Crippen molar-refractivity contribution in [3.05, 3.63) is 89.1 Å². The number of hydrazine groups is 1. The SMILES string of the molecule is C=C/C(=C\C(=C/CN(C)C)C(F)(F)F)NC(=O)Cc1ccc(C)c(N(N)/C=C(\N)c2cnn(C)c2C)c1.CCOC. The van der Waals surface area contributed by atoms with E-state index >= 15 is 0 Å². The second kappa shape index (κ2) is 16.4. The van der Waals surface area contributed by atoms with Gasteiger partial charge in [-0.2, -0.15) is 18.3 Å². The second-order valence-electron chi connectivity index (χ2n) is 9.41. The van der Waals surface area contributed by atoms with E-state index in [-0.39, 0.29) is 18.7 Å². The molecule has 0 fully saturated rings. The maximum atomic E-state index is 13.4. The standard InChI is InChI=1S/C26H34F3N7O.C3H8O/c1-7-21(14-20(26(27,28)29)10-11-34(4)5)33-25(37)13-19-9-8-17(2)24(12-19)36(31)16-23(30)22-15-32-35(6)18(22)3;1-3-4-2/h7-10,12,14-16H,1,11,13,30-31H2,2-6H3,(H,33,37);3H2,1-2H3/b20-10+,21-14+,23-16-;. The highest BCUT2D eigenvalue weighted by molar-refractivity contribution is 5.81. The molecule has 0 aliphatic heterocycles. The number of carbonyl (C=O) groups is 1. The second-order valence-corrected chi connectivity index (χ2v) is 9.41. The minimum Gasteiger partial charge on any atom is -0.397 e. The summed E-state index contributed by atoms with van der Waals surface area (Å²) in [6, 6.07) is 5.28. The Morgan fingerprint density at radius 2 is 1.90 bits per heavy atom. The van der Waals surface area contributed by atoms with Crippen molar-refractivity contribution in [2.45, 2.75) is 33.4 Å². The number of rotatable bonds is 11. The first kappa shape index (κ1) is 35.2. The Labute approximate surface area is 240 Å². The third-order valence-corrected chi connectivity index (χ3v) is 5.85. The van der Waals surface area contributed by atoms with E-state index in [1.807, 2.05) is 27.8 Å². The van der Waals surface area contributed by atoms with E-state index in [2.05, 4.69) is 21.7 Å². The fourth-order valence-electron chi connectivity index (χ4n) is 3.36. The quantitative estimate of drug-likeness (QED) is 0.209. The van der Waals surface area contributed by atoms with Crippen molar-refractivity contribution in [1.82, 2.24) is 20.0 Å². The Kier molecular flexibility index (Phi) is 14.1. The van der Waals surface area contributed by atoms with Crippen LogP contribution in [0.4, 0.5) is 18.9 Å². The van der Waals surface area contributed by atoms with Crippen LogP contribution in [0.15, 0.2) is 66.7 Å². The topological polar surface area (TPSA) is 115 Å². The van der Waals surface area contributed by atoms with Crippen molar-refractivity contribution in [3.8, 4) is 0 Å². The number of benzene rings is 1. The zero-order chi connectivity index (χ0) is 31.3. The highest BCUT2D eigenvalue weighted by atomic mass is 19.4. The molecule has 12 heteroatoms. The van der Waals surface area contributed by atoms with Gasteiger partial charge in [0, 0.05) is 50.5 Å². The fraction of sp³-hybridized carbons (Fsp3) is 0.379. The van der Waals surface area contributed by atoms with Gasteiger partial charge >= 0.3 is 6.18 Å². The summed E-state index contributed by atoms with van der Waals surface area (Å²) in [6.45, 7) is 10.1. The predicted molar refractivity (Wildman–Crippen MR) is 158 cm³/mol. The van der Waals surface area contributed by atoms with Crippen molar-refractivity contribution in [2.24, 2.45) is 18.6 Å². The molecule has 1 amide bonds. The van der Waals surface area contributed by atoms with Crippen LogP contribution in [0.5, 0.6) is 0 Å². The minimum absolute atomic E-state index is 0.0531. The molecular formula is C29H42F3N7O2. The Hall–Kier alpha value is -3.87. The zero-order valence-corrected chi connectivity index (χ0v) is 24.8. The maximum Gasteiger partial charge on any atom is 0.416 e. The number of nitrogens with zero attached hydrogens (tertiary/aromatic N) is 4. The first-order valence-corrected chi connectivity index (χ1v) is 12.8. The normalized spacial score (nSPS) is 12.6. The van der Waals surface area contributed by atoms with Gasteiger partial charge in [-0.05, 0) is 64.2 Å².